The smallest absolute Gasteiger partial charge is 0.482 e. The molecule has 2 aromatic rings. The molecule has 1 amide bonds. The summed E-state index contributed by atoms with van der Waals surface area (Å²) in [5.74, 6) is -1.07. The van der Waals surface area contributed by atoms with Crippen molar-refractivity contribution in [3.05, 3.63) is 40.0 Å². The van der Waals surface area contributed by atoms with Gasteiger partial charge in [-0.2, -0.15) is 18.2 Å². The lowest BCUT2D eigenvalue weighted by Gasteiger charge is -2.29. The summed E-state index contributed by atoms with van der Waals surface area (Å²) in [5, 5.41) is 17.3. The van der Waals surface area contributed by atoms with E-state index in [2.05, 4.69) is 25.9 Å². The van der Waals surface area contributed by atoms with Gasteiger partial charge in [0, 0.05) is 30.9 Å². The largest absolute Gasteiger partial charge is 0.490 e. The van der Waals surface area contributed by atoms with Crippen LogP contribution >= 0.6 is 23.2 Å². The van der Waals surface area contributed by atoms with Crippen LogP contribution in [0.1, 0.15) is 31.2 Å². The fourth-order valence-corrected chi connectivity index (χ4v) is 3.68. The van der Waals surface area contributed by atoms with Crippen LogP contribution in [0.5, 0.6) is 5.75 Å². The second-order valence-electron chi connectivity index (χ2n) is 7.88. The summed E-state index contributed by atoms with van der Waals surface area (Å²) < 4.78 is 37.2. The third-order valence-corrected chi connectivity index (χ3v) is 5.95. The van der Waals surface area contributed by atoms with Crippen molar-refractivity contribution < 1.29 is 32.6 Å². The molecule has 1 aromatic heterocycles. The van der Waals surface area contributed by atoms with Crippen LogP contribution in [0.25, 0.3) is 0 Å². The molecule has 0 unspecified atom stereocenters. The number of aliphatic carboxylic acids is 1. The van der Waals surface area contributed by atoms with Crippen LogP contribution in [0.4, 0.5) is 24.9 Å². The summed E-state index contributed by atoms with van der Waals surface area (Å²) in [6, 6.07) is 5.51. The molecule has 1 aromatic carbocycles. The van der Waals surface area contributed by atoms with E-state index in [0.29, 0.717) is 21.7 Å². The first-order valence-corrected chi connectivity index (χ1v) is 11.6. The second-order valence-corrected chi connectivity index (χ2v) is 8.66. The van der Waals surface area contributed by atoms with Crippen molar-refractivity contribution >= 4 is 46.8 Å². The Morgan fingerprint density at radius 2 is 1.78 bits per heavy atom. The Hall–Kier alpha value is -2.99. The molecule has 9 nitrogen and oxygen atoms in total. The highest BCUT2D eigenvalue weighted by molar-refractivity contribution is 6.42. The fraction of sp³-hybridized carbons (Fsp3) is 0.455. The number of benzene rings is 1. The van der Waals surface area contributed by atoms with Crippen molar-refractivity contribution in [1.82, 2.24) is 15.3 Å². The summed E-state index contributed by atoms with van der Waals surface area (Å²) in [7, 11) is 1.84. The molecule has 3 rings (SSSR count). The van der Waals surface area contributed by atoms with Crippen molar-refractivity contribution in [3.63, 3.8) is 0 Å². The standard InChI is InChI=1S/C20H25Cl2N5O2.C2HF3O2/c1-12-10-24-20(27-19(12)23-2)26-14-8-6-13(7-9-14)25-17(28)11-29-16-5-3-4-15(21)18(16)22;3-2(4,5)1(6)7/h3-5,10,13-14H,6-9,11H2,1-2H3,(H,25,28)(H2,23,24,26,27);(H,6,7). The Kier molecular flexibility index (Phi) is 10.8. The van der Waals surface area contributed by atoms with Gasteiger partial charge in [0.05, 0.1) is 5.02 Å². The van der Waals surface area contributed by atoms with Crippen LogP contribution in [0.2, 0.25) is 10.0 Å². The summed E-state index contributed by atoms with van der Waals surface area (Å²) in [5.41, 5.74) is 1.01. The van der Waals surface area contributed by atoms with Gasteiger partial charge in [-0.1, -0.05) is 29.3 Å². The van der Waals surface area contributed by atoms with E-state index < -0.39 is 12.1 Å². The zero-order valence-electron chi connectivity index (χ0n) is 19.5. The van der Waals surface area contributed by atoms with Gasteiger partial charge < -0.3 is 25.8 Å². The Morgan fingerprint density at radius 1 is 1.17 bits per heavy atom. The molecule has 1 saturated carbocycles. The van der Waals surface area contributed by atoms with Crippen LogP contribution in [-0.2, 0) is 9.59 Å². The third-order valence-electron chi connectivity index (χ3n) is 5.15. The molecular weight excluding hydrogens is 526 g/mol. The summed E-state index contributed by atoms with van der Waals surface area (Å²) >= 11 is 12.0. The van der Waals surface area contributed by atoms with Gasteiger partial charge >= 0.3 is 12.1 Å². The fourth-order valence-electron chi connectivity index (χ4n) is 3.34. The first-order chi connectivity index (χ1) is 16.9. The van der Waals surface area contributed by atoms with E-state index in [1.54, 1.807) is 24.4 Å². The first kappa shape index (κ1) is 29.2. The molecule has 4 N–H and O–H groups in total. The predicted octanol–water partition coefficient (Wildman–Crippen LogP) is 4.69. The van der Waals surface area contributed by atoms with Gasteiger partial charge in [0.25, 0.3) is 5.91 Å². The predicted molar refractivity (Wildman–Crippen MR) is 130 cm³/mol. The highest BCUT2D eigenvalue weighted by Crippen LogP contribution is 2.31. The summed E-state index contributed by atoms with van der Waals surface area (Å²) in [6.07, 6.45) is 0.341. The van der Waals surface area contributed by atoms with Crippen molar-refractivity contribution in [3.8, 4) is 5.75 Å². The molecule has 0 radical (unpaired) electrons. The van der Waals surface area contributed by atoms with Gasteiger partial charge in [-0.25, -0.2) is 9.78 Å². The number of hydrogen-bond donors (Lipinski definition) is 4. The van der Waals surface area contributed by atoms with Crippen LogP contribution in [0, 0.1) is 6.92 Å². The number of nitrogens with zero attached hydrogens (tertiary/aromatic N) is 2. The summed E-state index contributed by atoms with van der Waals surface area (Å²) in [4.78, 5) is 29.9. The van der Waals surface area contributed by atoms with E-state index >= 15 is 0 Å². The molecular formula is C22H26Cl2F3N5O4. The zero-order chi connectivity index (χ0) is 26.9. The number of aryl methyl sites for hydroxylation is 1. The van der Waals surface area contributed by atoms with Crippen molar-refractivity contribution in [2.75, 3.05) is 24.3 Å². The number of halogens is 5. The SMILES string of the molecule is CNc1nc(NC2CCC(NC(=O)COc3cccc(Cl)c3Cl)CC2)ncc1C.O=C(O)C(F)(F)F. The Bertz CT molecular complexity index is 1050. The maximum Gasteiger partial charge on any atom is 0.490 e. The van der Waals surface area contributed by atoms with Gasteiger partial charge in [0.15, 0.2) is 6.61 Å². The van der Waals surface area contributed by atoms with Gasteiger partial charge in [-0.05, 0) is 44.7 Å². The van der Waals surface area contributed by atoms with Crippen LogP contribution in [0.3, 0.4) is 0 Å². The number of aromatic nitrogens is 2. The monoisotopic (exact) mass is 551 g/mol. The number of alkyl halides is 3. The maximum atomic E-state index is 12.2. The van der Waals surface area contributed by atoms with E-state index in [1.807, 2.05) is 14.0 Å². The number of carbonyl (C=O) groups is 2. The number of rotatable bonds is 7. The van der Waals surface area contributed by atoms with E-state index in [1.165, 1.54) is 0 Å². The molecule has 0 bridgehead atoms. The molecule has 14 heteroatoms. The molecule has 0 aliphatic heterocycles. The van der Waals surface area contributed by atoms with Crippen molar-refractivity contribution in [2.24, 2.45) is 0 Å². The molecule has 0 atom stereocenters. The van der Waals surface area contributed by atoms with Crippen LogP contribution in [0.15, 0.2) is 24.4 Å². The third kappa shape index (κ3) is 9.23. The minimum Gasteiger partial charge on any atom is -0.482 e. The first-order valence-electron chi connectivity index (χ1n) is 10.8. The van der Waals surface area contributed by atoms with Crippen molar-refractivity contribution in [1.29, 1.82) is 0 Å². The van der Waals surface area contributed by atoms with Gasteiger partial charge in [-0.3, -0.25) is 4.79 Å². The number of carbonyl (C=O) groups excluding carboxylic acids is 1. The minimum atomic E-state index is -5.08. The molecule has 1 aliphatic carbocycles. The maximum absolute atomic E-state index is 12.2. The number of carboxylic acid groups (broad SMARTS) is 1. The highest BCUT2D eigenvalue weighted by atomic mass is 35.5. The second kappa shape index (κ2) is 13.4. The average Bonchev–Trinajstić information content (AvgIpc) is 2.82. The topological polar surface area (TPSA) is 125 Å². The lowest BCUT2D eigenvalue weighted by atomic mass is 9.91. The van der Waals surface area contributed by atoms with Gasteiger partial charge in [0.1, 0.15) is 16.6 Å². The van der Waals surface area contributed by atoms with Crippen LogP contribution in [-0.4, -0.2) is 58.9 Å². The van der Waals surface area contributed by atoms with Gasteiger partial charge in [-0.15, -0.1) is 0 Å². The minimum absolute atomic E-state index is 0.0950. The molecule has 36 heavy (non-hydrogen) atoms. The number of anilines is 2. The zero-order valence-corrected chi connectivity index (χ0v) is 21.0. The van der Waals surface area contributed by atoms with Gasteiger partial charge in [0.2, 0.25) is 5.95 Å². The Balaban J connectivity index is 0.000000572. The number of nitrogens with one attached hydrogen (secondary N) is 3. The van der Waals surface area contributed by atoms with Crippen molar-refractivity contribution in [2.45, 2.75) is 50.9 Å². The Morgan fingerprint density at radius 3 is 2.36 bits per heavy atom. The number of ether oxygens (including phenoxy) is 1. The van der Waals surface area contributed by atoms with E-state index in [0.717, 1.165) is 37.1 Å². The average molecular weight is 552 g/mol. The molecule has 198 valence electrons. The molecule has 1 fully saturated rings. The molecule has 1 aliphatic rings. The molecule has 1 heterocycles. The molecule has 0 saturated heterocycles. The van der Waals surface area contributed by atoms with E-state index in [-0.39, 0.29) is 24.6 Å². The quantitative estimate of drug-likeness (QED) is 0.390. The van der Waals surface area contributed by atoms with E-state index in [9.17, 15) is 18.0 Å². The number of amides is 1. The van der Waals surface area contributed by atoms with Crippen LogP contribution < -0.4 is 20.7 Å². The Labute approximate surface area is 215 Å². The number of hydrogen-bond acceptors (Lipinski definition) is 7. The highest BCUT2D eigenvalue weighted by Gasteiger charge is 2.38. The molecule has 0 spiro atoms. The number of carboxylic acids is 1. The lowest BCUT2D eigenvalue weighted by Crippen LogP contribution is -2.42. The lowest BCUT2D eigenvalue weighted by molar-refractivity contribution is -0.192. The normalized spacial score (nSPS) is 17.3. The van der Waals surface area contributed by atoms with E-state index in [4.69, 9.17) is 37.8 Å². The summed E-state index contributed by atoms with van der Waals surface area (Å²) in [6.45, 7) is 1.87.